The third-order valence-corrected chi connectivity index (χ3v) is 8.85. The summed E-state index contributed by atoms with van der Waals surface area (Å²) in [5, 5.41) is 1.11. The van der Waals surface area contributed by atoms with Crippen molar-refractivity contribution in [1.29, 1.82) is 0 Å². The topological polar surface area (TPSA) is 66.8 Å². The van der Waals surface area contributed by atoms with Gasteiger partial charge < -0.3 is 4.90 Å². The number of halogens is 2. The number of hydrogen-bond acceptors (Lipinski definition) is 4. The minimum absolute atomic E-state index is 0.0238. The van der Waals surface area contributed by atoms with Crippen molar-refractivity contribution in [2.24, 2.45) is 4.99 Å². The van der Waals surface area contributed by atoms with Crippen LogP contribution in [-0.4, -0.2) is 42.3 Å². The molecule has 2 aromatic carbocycles. The molecule has 29 heavy (non-hydrogen) atoms. The molecule has 5 nitrogen and oxygen atoms in total. The van der Waals surface area contributed by atoms with Crippen molar-refractivity contribution in [2.45, 2.75) is 24.6 Å². The van der Waals surface area contributed by atoms with E-state index in [4.69, 9.17) is 23.2 Å². The van der Waals surface area contributed by atoms with Gasteiger partial charge in [-0.3, -0.25) is 4.79 Å². The summed E-state index contributed by atoms with van der Waals surface area (Å²) in [4.78, 5) is 18.8. The van der Waals surface area contributed by atoms with E-state index in [2.05, 4.69) is 4.99 Å². The van der Waals surface area contributed by atoms with Crippen LogP contribution in [0.4, 0.5) is 5.69 Å². The molecule has 0 N–H and O–H groups in total. The van der Waals surface area contributed by atoms with Gasteiger partial charge in [-0.1, -0.05) is 64.8 Å². The molecule has 2 heterocycles. The van der Waals surface area contributed by atoms with Crippen molar-refractivity contribution < 1.29 is 13.2 Å². The Hall–Kier alpha value is -1.54. The molecule has 0 saturated carbocycles. The van der Waals surface area contributed by atoms with Gasteiger partial charge >= 0.3 is 0 Å². The summed E-state index contributed by atoms with van der Waals surface area (Å²) < 4.78 is 24.3. The number of carbonyl (C=O) groups excluding carboxylic acids is 1. The van der Waals surface area contributed by atoms with Gasteiger partial charge in [-0.05, 0) is 30.7 Å². The third kappa shape index (κ3) is 4.48. The number of aryl methyl sites for hydroxylation is 1. The molecule has 0 bridgehead atoms. The summed E-state index contributed by atoms with van der Waals surface area (Å²) in [5.74, 6) is -0.174. The van der Waals surface area contributed by atoms with Crippen LogP contribution in [0, 0.1) is 6.92 Å². The Bertz CT molecular complexity index is 1120. The molecule has 4 rings (SSSR count). The zero-order valence-electron chi connectivity index (χ0n) is 15.5. The highest BCUT2D eigenvalue weighted by atomic mass is 35.5. The van der Waals surface area contributed by atoms with Crippen LogP contribution in [0.2, 0.25) is 10.0 Å². The molecule has 2 aromatic rings. The van der Waals surface area contributed by atoms with Gasteiger partial charge in [0.15, 0.2) is 15.0 Å². The minimum atomic E-state index is -3.13. The lowest BCUT2D eigenvalue weighted by Crippen LogP contribution is -2.37. The number of hydrogen-bond donors (Lipinski definition) is 0. The molecule has 1 amide bonds. The first-order chi connectivity index (χ1) is 13.7. The zero-order valence-corrected chi connectivity index (χ0v) is 18.7. The Labute approximate surface area is 184 Å². The van der Waals surface area contributed by atoms with Crippen molar-refractivity contribution in [2.75, 3.05) is 16.4 Å². The normalized spacial score (nSPS) is 24.1. The Morgan fingerprint density at radius 3 is 2.69 bits per heavy atom. The number of nitrogens with zero attached hydrogens (tertiary/aromatic N) is 2. The highest BCUT2D eigenvalue weighted by Gasteiger charge is 2.49. The van der Waals surface area contributed by atoms with E-state index in [0.29, 0.717) is 20.9 Å². The van der Waals surface area contributed by atoms with Gasteiger partial charge in [0.25, 0.3) is 5.91 Å². The second-order valence-electron chi connectivity index (χ2n) is 7.22. The molecule has 9 heteroatoms. The molecular formula is C20H18Cl2N2O3S2. The largest absolute Gasteiger partial charge is 0.316 e. The molecule has 2 atom stereocenters. The summed E-state index contributed by atoms with van der Waals surface area (Å²) >= 11 is 13.5. The number of thioether (sulfide) groups is 1. The molecule has 152 valence electrons. The minimum Gasteiger partial charge on any atom is -0.316 e. The van der Waals surface area contributed by atoms with E-state index in [0.717, 1.165) is 11.1 Å². The Morgan fingerprint density at radius 1 is 1.17 bits per heavy atom. The molecule has 2 aliphatic rings. The number of benzene rings is 2. The number of aliphatic imine (C=N–C) groups is 1. The number of carbonyl (C=O) groups is 1. The van der Waals surface area contributed by atoms with Crippen molar-refractivity contribution >= 4 is 61.6 Å². The lowest BCUT2D eigenvalue weighted by molar-refractivity contribution is -0.117. The van der Waals surface area contributed by atoms with E-state index < -0.39 is 9.84 Å². The van der Waals surface area contributed by atoms with Crippen LogP contribution in [0.1, 0.15) is 11.1 Å². The summed E-state index contributed by atoms with van der Waals surface area (Å²) in [6.45, 7) is 1.97. The smallest absolute Gasteiger partial charge is 0.252 e. The van der Waals surface area contributed by atoms with Crippen molar-refractivity contribution in [3.8, 4) is 0 Å². The van der Waals surface area contributed by atoms with Gasteiger partial charge in [-0.2, -0.15) is 4.99 Å². The summed E-state index contributed by atoms with van der Waals surface area (Å²) in [7, 11) is -3.13. The van der Waals surface area contributed by atoms with Crippen LogP contribution in [0.3, 0.4) is 0 Å². The lowest BCUT2D eigenvalue weighted by Gasteiger charge is -2.24. The molecule has 0 spiro atoms. The van der Waals surface area contributed by atoms with Crippen LogP contribution < -0.4 is 4.90 Å². The Balaban J connectivity index is 1.66. The Morgan fingerprint density at radius 2 is 1.97 bits per heavy atom. The number of sulfone groups is 1. The molecule has 2 aliphatic heterocycles. The van der Waals surface area contributed by atoms with E-state index in [1.807, 2.05) is 36.1 Å². The van der Waals surface area contributed by atoms with Crippen LogP contribution in [0.5, 0.6) is 0 Å². The van der Waals surface area contributed by atoms with Crippen molar-refractivity contribution in [1.82, 2.24) is 0 Å². The van der Waals surface area contributed by atoms with Crippen LogP contribution >= 0.6 is 35.0 Å². The van der Waals surface area contributed by atoms with Gasteiger partial charge in [-0.15, -0.1) is 0 Å². The van der Waals surface area contributed by atoms with E-state index in [-0.39, 0.29) is 35.1 Å². The van der Waals surface area contributed by atoms with Gasteiger partial charge in [-0.25, -0.2) is 8.42 Å². The maximum atomic E-state index is 12.6. The highest BCUT2D eigenvalue weighted by Crippen LogP contribution is 2.42. The molecule has 2 fully saturated rings. The lowest BCUT2D eigenvalue weighted by atomic mass is 10.1. The first-order valence-corrected chi connectivity index (χ1v) is 12.5. The molecule has 2 saturated heterocycles. The van der Waals surface area contributed by atoms with E-state index in [1.165, 1.54) is 11.8 Å². The van der Waals surface area contributed by atoms with Crippen LogP contribution in [-0.2, 0) is 21.1 Å². The quantitative estimate of drug-likeness (QED) is 0.676. The second-order valence-corrected chi connectivity index (χ2v) is 11.4. The first kappa shape index (κ1) is 20.7. The average molecular weight is 469 g/mol. The maximum absolute atomic E-state index is 12.6. The third-order valence-electron chi connectivity index (χ3n) is 4.91. The van der Waals surface area contributed by atoms with Crippen LogP contribution in [0.25, 0.3) is 0 Å². The fourth-order valence-corrected chi connectivity index (χ4v) is 7.87. The zero-order chi connectivity index (χ0) is 20.8. The molecule has 0 radical (unpaired) electrons. The van der Waals surface area contributed by atoms with Gasteiger partial charge in [0.1, 0.15) is 0 Å². The fourth-order valence-electron chi connectivity index (χ4n) is 3.64. The molecular weight excluding hydrogens is 451 g/mol. The second kappa shape index (κ2) is 7.95. The molecule has 0 aromatic heterocycles. The van der Waals surface area contributed by atoms with E-state index >= 15 is 0 Å². The predicted molar refractivity (Wildman–Crippen MR) is 120 cm³/mol. The van der Waals surface area contributed by atoms with E-state index in [9.17, 15) is 13.2 Å². The van der Waals surface area contributed by atoms with E-state index in [1.54, 1.807) is 18.2 Å². The van der Waals surface area contributed by atoms with Crippen molar-refractivity contribution in [3.05, 3.63) is 63.6 Å². The van der Waals surface area contributed by atoms with Gasteiger partial charge in [0, 0.05) is 10.9 Å². The van der Waals surface area contributed by atoms with Crippen molar-refractivity contribution in [3.63, 3.8) is 0 Å². The monoisotopic (exact) mass is 468 g/mol. The number of amidine groups is 1. The number of anilines is 1. The molecule has 0 unspecified atom stereocenters. The molecule has 0 aliphatic carbocycles. The SMILES string of the molecule is Cc1cccc(CC(=O)N=C2S[C@H]3CS(=O)(=O)C[C@H]3N2c2ccc(Cl)c(Cl)c2)c1. The maximum Gasteiger partial charge on any atom is 0.252 e. The number of rotatable bonds is 3. The Kier molecular flexibility index (Phi) is 5.68. The van der Waals surface area contributed by atoms with Gasteiger partial charge in [0.05, 0.1) is 34.0 Å². The number of amides is 1. The summed E-state index contributed by atoms with van der Waals surface area (Å²) in [6.07, 6.45) is 0.189. The average Bonchev–Trinajstić information content (AvgIpc) is 3.08. The van der Waals surface area contributed by atoms with Gasteiger partial charge in [0.2, 0.25) is 0 Å². The number of fused-ring (bicyclic) bond motifs is 1. The summed E-state index contributed by atoms with van der Waals surface area (Å²) in [6, 6.07) is 12.6. The van der Waals surface area contributed by atoms with Crippen LogP contribution in [0.15, 0.2) is 47.5 Å². The summed E-state index contributed by atoms with van der Waals surface area (Å²) in [5.41, 5.74) is 2.65. The fraction of sp³-hybridized carbons (Fsp3) is 0.300. The highest BCUT2D eigenvalue weighted by molar-refractivity contribution is 8.16. The first-order valence-electron chi connectivity index (χ1n) is 9.00. The standard InChI is InChI=1S/C20H18Cl2N2O3S2/c1-12-3-2-4-13(7-12)8-19(25)23-20-24(14-5-6-15(21)16(22)9-14)17-10-29(26,27)11-18(17)28-20/h2-7,9,17-18H,8,10-11H2,1H3/t17-,18+/m1/s1. The predicted octanol–water partition coefficient (Wildman–Crippen LogP) is 4.15.